The van der Waals surface area contributed by atoms with Crippen molar-refractivity contribution in [3.8, 4) is 5.75 Å². The third kappa shape index (κ3) is 10.7. The molecule has 0 bridgehead atoms. The topological polar surface area (TPSA) is 81.7 Å². The second kappa shape index (κ2) is 15.4. The number of hydrogen-bond acceptors (Lipinski definition) is 5. The lowest BCUT2D eigenvalue weighted by Crippen LogP contribution is -2.14. The lowest BCUT2D eigenvalue weighted by molar-refractivity contribution is -0.135. The van der Waals surface area contributed by atoms with Gasteiger partial charge >= 0.3 is 11.9 Å². The zero-order valence-electron chi connectivity index (χ0n) is 18.8. The Hall–Kier alpha value is -4.45. The Morgan fingerprint density at radius 2 is 1.38 bits per heavy atom. The van der Waals surface area contributed by atoms with Gasteiger partial charge in [0.15, 0.2) is 0 Å². The van der Waals surface area contributed by atoms with Crippen molar-refractivity contribution in [3.05, 3.63) is 121 Å². The molecule has 174 valence electrons. The summed E-state index contributed by atoms with van der Waals surface area (Å²) >= 11 is 0. The zero-order chi connectivity index (χ0) is 24.4. The van der Waals surface area contributed by atoms with Gasteiger partial charge in [0.05, 0.1) is 12.0 Å². The van der Waals surface area contributed by atoms with Crippen molar-refractivity contribution in [2.24, 2.45) is 0 Å². The standard InChI is InChI=1S/C28H27NO5/c1-2-15-26(30)29-24-17-14-16-23(22-24)28(32)33-21-20-27(31)34-25-18-12-10-8-6-4-3-5-7-9-11-13-19-25/h2-14,16-19,22H,1,15,20-21H2,(H,29,30). The van der Waals surface area contributed by atoms with E-state index in [1.165, 1.54) is 12.1 Å². The van der Waals surface area contributed by atoms with Crippen molar-refractivity contribution in [1.29, 1.82) is 0 Å². The highest BCUT2D eigenvalue weighted by atomic mass is 16.5. The first-order valence-corrected chi connectivity index (χ1v) is 10.7. The van der Waals surface area contributed by atoms with E-state index in [0.29, 0.717) is 11.4 Å². The molecule has 0 aliphatic carbocycles. The zero-order valence-corrected chi connectivity index (χ0v) is 18.8. The second-order valence-corrected chi connectivity index (χ2v) is 6.83. The maximum atomic E-state index is 12.3. The lowest BCUT2D eigenvalue weighted by Gasteiger charge is -2.07. The minimum Gasteiger partial charge on any atom is -0.461 e. The fourth-order valence-electron chi connectivity index (χ4n) is 2.56. The van der Waals surface area contributed by atoms with Gasteiger partial charge in [-0.1, -0.05) is 78.9 Å². The van der Waals surface area contributed by atoms with Gasteiger partial charge in [0, 0.05) is 12.1 Å². The fourth-order valence-corrected chi connectivity index (χ4v) is 2.56. The van der Waals surface area contributed by atoms with Crippen LogP contribution in [0.1, 0.15) is 23.2 Å². The predicted molar refractivity (Wildman–Crippen MR) is 132 cm³/mol. The van der Waals surface area contributed by atoms with Crippen LogP contribution < -0.4 is 10.1 Å². The first-order chi connectivity index (χ1) is 16.6. The van der Waals surface area contributed by atoms with Crippen LogP contribution in [0.4, 0.5) is 5.69 Å². The molecule has 2 rings (SSSR count). The van der Waals surface area contributed by atoms with Gasteiger partial charge in [0.25, 0.3) is 0 Å². The Bertz CT molecular complexity index is 1070. The van der Waals surface area contributed by atoms with E-state index in [0.717, 1.165) is 0 Å². The van der Waals surface area contributed by atoms with Gasteiger partial charge in [0.2, 0.25) is 5.91 Å². The van der Waals surface area contributed by atoms with Crippen LogP contribution in [-0.2, 0) is 14.3 Å². The van der Waals surface area contributed by atoms with Crippen LogP contribution in [0, 0.1) is 0 Å². The molecule has 0 aliphatic heterocycles. The highest BCUT2D eigenvalue weighted by molar-refractivity contribution is 5.95. The van der Waals surface area contributed by atoms with Crippen molar-refractivity contribution < 1.29 is 23.9 Å². The molecule has 0 aliphatic rings. The van der Waals surface area contributed by atoms with Gasteiger partial charge in [-0.15, -0.1) is 6.58 Å². The number of hydrogen-bond donors (Lipinski definition) is 1. The molecule has 0 atom stereocenters. The molecule has 0 heterocycles. The Kier molecular flexibility index (Phi) is 11.7. The van der Waals surface area contributed by atoms with E-state index < -0.39 is 11.9 Å². The third-order valence-corrected chi connectivity index (χ3v) is 4.11. The van der Waals surface area contributed by atoms with Gasteiger partial charge in [-0.2, -0.15) is 0 Å². The summed E-state index contributed by atoms with van der Waals surface area (Å²) in [5.74, 6) is -1.03. The molecule has 0 aromatic heterocycles. The molecule has 0 saturated carbocycles. The summed E-state index contributed by atoms with van der Waals surface area (Å²) in [7, 11) is 0. The number of amides is 1. The molecule has 34 heavy (non-hydrogen) atoms. The molecule has 0 radical (unpaired) electrons. The van der Waals surface area contributed by atoms with Crippen LogP contribution >= 0.6 is 0 Å². The summed E-state index contributed by atoms with van der Waals surface area (Å²) in [6.45, 7) is 3.37. The Morgan fingerprint density at radius 3 is 1.97 bits per heavy atom. The van der Waals surface area contributed by atoms with Crippen LogP contribution in [-0.4, -0.2) is 24.5 Å². The smallest absolute Gasteiger partial charge is 0.338 e. The van der Waals surface area contributed by atoms with Crippen LogP contribution in [0.15, 0.2) is 116 Å². The van der Waals surface area contributed by atoms with Crippen molar-refractivity contribution in [1.82, 2.24) is 0 Å². The van der Waals surface area contributed by atoms with Crippen LogP contribution in [0.2, 0.25) is 0 Å². The molecule has 1 N–H and O–H groups in total. The molecule has 2 aromatic carbocycles. The number of esters is 2. The number of rotatable bonds is 8. The molecule has 0 saturated heterocycles. The van der Waals surface area contributed by atoms with Gasteiger partial charge in [-0.25, -0.2) is 4.79 Å². The van der Waals surface area contributed by atoms with Crippen LogP contribution in [0.25, 0.3) is 0 Å². The van der Waals surface area contributed by atoms with Gasteiger partial charge in [-0.3, -0.25) is 9.59 Å². The molecule has 1 amide bonds. The molecule has 2 aromatic rings. The van der Waals surface area contributed by atoms with E-state index in [1.807, 2.05) is 54.6 Å². The van der Waals surface area contributed by atoms with Crippen molar-refractivity contribution >= 4 is 23.5 Å². The van der Waals surface area contributed by atoms with Gasteiger partial charge < -0.3 is 14.8 Å². The summed E-state index contributed by atoms with van der Waals surface area (Å²) < 4.78 is 10.6. The van der Waals surface area contributed by atoms with Crippen LogP contribution in [0.3, 0.4) is 0 Å². The summed E-state index contributed by atoms with van der Waals surface area (Å²) in [5, 5.41) is 2.66. The largest absolute Gasteiger partial charge is 0.461 e. The molecule has 0 unspecified atom stereocenters. The first kappa shape index (κ1) is 25.8. The maximum absolute atomic E-state index is 12.3. The minimum absolute atomic E-state index is 0.111. The van der Waals surface area contributed by atoms with E-state index in [2.05, 4.69) is 11.9 Å². The quantitative estimate of drug-likeness (QED) is 0.412. The van der Waals surface area contributed by atoms with Gasteiger partial charge in [0.1, 0.15) is 12.4 Å². The molecule has 0 fully saturated rings. The number of carbonyl (C=O) groups is 3. The van der Waals surface area contributed by atoms with Crippen molar-refractivity contribution in [2.45, 2.75) is 12.8 Å². The number of anilines is 1. The second-order valence-electron chi connectivity index (χ2n) is 6.83. The average molecular weight is 458 g/mol. The third-order valence-electron chi connectivity index (χ3n) is 4.11. The molecule has 6 nitrogen and oxygen atoms in total. The van der Waals surface area contributed by atoms with E-state index >= 15 is 0 Å². The van der Waals surface area contributed by atoms with Crippen LogP contribution in [0.5, 0.6) is 5.75 Å². The normalized spacial score (nSPS) is 9.41. The number of carbonyl (C=O) groups excluding carboxylic acids is 3. The van der Waals surface area contributed by atoms with E-state index in [9.17, 15) is 14.4 Å². The fraction of sp³-hybridized carbons (Fsp3) is 0.107. The predicted octanol–water partition coefficient (Wildman–Crippen LogP) is 5.60. The Balaban J connectivity index is 1.94. The summed E-state index contributed by atoms with van der Waals surface area (Å²) in [6.07, 6.45) is 1.54. The average Bonchev–Trinajstić information content (AvgIpc) is 2.81. The molecule has 6 heteroatoms. The van der Waals surface area contributed by atoms with Crippen molar-refractivity contribution in [2.75, 3.05) is 11.9 Å². The molecular formula is C28H27NO5. The Morgan fingerprint density at radius 1 is 0.794 bits per heavy atom. The number of nitrogens with one attached hydrogen (secondary N) is 1. The van der Waals surface area contributed by atoms with E-state index in [-0.39, 0.29) is 30.9 Å². The monoisotopic (exact) mass is 457 g/mol. The SMILES string of the molecule is C=CCC(=O)Nc1cccc(C(=O)OCCC(=O)Oc2ccccccccccccc2)c1. The molecule has 0 spiro atoms. The number of ether oxygens (including phenoxy) is 2. The minimum atomic E-state index is -0.605. The van der Waals surface area contributed by atoms with E-state index in [1.54, 1.807) is 42.5 Å². The summed E-state index contributed by atoms with van der Waals surface area (Å²) in [4.78, 5) is 36.2. The summed E-state index contributed by atoms with van der Waals surface area (Å²) in [5.41, 5.74) is 0.729. The van der Waals surface area contributed by atoms with Crippen molar-refractivity contribution in [3.63, 3.8) is 0 Å². The Labute approximate surface area is 199 Å². The maximum Gasteiger partial charge on any atom is 0.338 e. The highest BCUT2D eigenvalue weighted by Gasteiger charge is 2.11. The number of benzene rings is 1. The summed E-state index contributed by atoms with van der Waals surface area (Å²) in [6, 6.07) is 30.0. The highest BCUT2D eigenvalue weighted by Crippen LogP contribution is 2.13. The molecular weight excluding hydrogens is 430 g/mol. The van der Waals surface area contributed by atoms with E-state index in [4.69, 9.17) is 9.47 Å². The first-order valence-electron chi connectivity index (χ1n) is 10.7. The lowest BCUT2D eigenvalue weighted by atomic mass is 10.2. The van der Waals surface area contributed by atoms with Gasteiger partial charge in [-0.05, 0) is 30.3 Å².